The van der Waals surface area contributed by atoms with Gasteiger partial charge in [0, 0.05) is 12.1 Å². The van der Waals surface area contributed by atoms with Crippen molar-refractivity contribution in [1.29, 1.82) is 0 Å². The number of aromatic nitrogens is 1. The molecule has 0 spiro atoms. The number of quaternary nitrogens is 1. The summed E-state index contributed by atoms with van der Waals surface area (Å²) < 4.78 is 23.0. The second kappa shape index (κ2) is 7.06. The van der Waals surface area contributed by atoms with Crippen LogP contribution < -0.4 is 20.1 Å². The number of carbonyl (C=O) groups is 1. The molecule has 0 bridgehead atoms. The normalized spacial score (nSPS) is 25.4. The summed E-state index contributed by atoms with van der Waals surface area (Å²) >= 11 is 0. The van der Waals surface area contributed by atoms with E-state index in [1.165, 1.54) is 4.90 Å². The van der Waals surface area contributed by atoms with E-state index in [-0.39, 0.29) is 29.5 Å². The van der Waals surface area contributed by atoms with Crippen molar-refractivity contribution in [2.45, 2.75) is 25.4 Å². The van der Waals surface area contributed by atoms with Crippen LogP contribution in [-0.2, 0) is 14.6 Å². The Kier molecular flexibility index (Phi) is 5.05. The van der Waals surface area contributed by atoms with E-state index in [2.05, 4.69) is 21.3 Å². The number of aromatic amines is 1. The van der Waals surface area contributed by atoms with Gasteiger partial charge in [-0.1, -0.05) is 6.07 Å². The van der Waals surface area contributed by atoms with Crippen LogP contribution in [-0.4, -0.2) is 64.1 Å². The van der Waals surface area contributed by atoms with E-state index in [9.17, 15) is 13.2 Å². The van der Waals surface area contributed by atoms with Crippen molar-refractivity contribution in [1.82, 2.24) is 5.32 Å². The molecular weight excluding hydrogens is 328 g/mol. The van der Waals surface area contributed by atoms with Crippen LogP contribution in [0.5, 0.6) is 0 Å². The Morgan fingerprint density at radius 1 is 1.38 bits per heavy atom. The van der Waals surface area contributed by atoms with E-state index in [4.69, 9.17) is 0 Å². The summed E-state index contributed by atoms with van der Waals surface area (Å²) in [6.07, 6.45) is 2.45. The lowest BCUT2D eigenvalue weighted by Gasteiger charge is -2.32. The highest BCUT2D eigenvalue weighted by atomic mass is 32.2. The van der Waals surface area contributed by atoms with E-state index in [1.807, 2.05) is 25.3 Å². The first-order valence-electron chi connectivity index (χ1n) is 8.52. The summed E-state index contributed by atoms with van der Waals surface area (Å²) in [5.41, 5.74) is 0. The van der Waals surface area contributed by atoms with Crippen molar-refractivity contribution in [3.63, 3.8) is 0 Å². The summed E-state index contributed by atoms with van der Waals surface area (Å²) in [5.74, 6) is 1.33. The smallest absolute Gasteiger partial charge is 0.278 e. The van der Waals surface area contributed by atoms with Crippen LogP contribution in [0.15, 0.2) is 24.4 Å². The largest absolute Gasteiger partial charge is 0.347 e. The lowest BCUT2D eigenvalue weighted by atomic mass is 10.2. The van der Waals surface area contributed by atoms with Gasteiger partial charge in [0.25, 0.3) is 11.7 Å². The molecule has 2 atom stereocenters. The lowest BCUT2D eigenvalue weighted by Crippen LogP contribution is -3.19. The second-order valence-corrected chi connectivity index (χ2v) is 8.95. The first kappa shape index (κ1) is 17.2. The minimum absolute atomic E-state index is 0.0353. The average Bonchev–Trinajstić information content (AvgIpc) is 2.93. The van der Waals surface area contributed by atoms with Crippen LogP contribution in [0.25, 0.3) is 0 Å². The van der Waals surface area contributed by atoms with E-state index in [0.29, 0.717) is 6.42 Å². The number of piperazine rings is 1. The molecule has 2 aliphatic heterocycles. The molecule has 0 saturated carbocycles. The number of nitrogens with zero attached hydrogens (tertiary/aromatic N) is 1. The number of anilines is 1. The van der Waals surface area contributed by atoms with Gasteiger partial charge in [0.15, 0.2) is 15.9 Å². The molecule has 24 heavy (non-hydrogen) atoms. The molecule has 3 rings (SSSR count). The molecule has 132 valence electrons. The number of pyridine rings is 1. The number of carbonyl (C=O) groups excluding carboxylic acids is 1. The number of sulfone groups is 1. The van der Waals surface area contributed by atoms with E-state index in [1.54, 1.807) is 0 Å². The van der Waals surface area contributed by atoms with Crippen molar-refractivity contribution >= 4 is 21.6 Å². The first-order valence-corrected chi connectivity index (χ1v) is 10.3. The van der Waals surface area contributed by atoms with Gasteiger partial charge in [0.1, 0.15) is 26.2 Å². The fourth-order valence-corrected chi connectivity index (χ4v) is 5.14. The quantitative estimate of drug-likeness (QED) is 0.649. The molecule has 3 N–H and O–H groups in total. The van der Waals surface area contributed by atoms with Crippen molar-refractivity contribution in [3.05, 3.63) is 24.4 Å². The number of rotatable bonds is 4. The Labute approximate surface area is 143 Å². The van der Waals surface area contributed by atoms with Crippen LogP contribution >= 0.6 is 0 Å². The summed E-state index contributed by atoms with van der Waals surface area (Å²) in [7, 11) is -2.96. The van der Waals surface area contributed by atoms with Gasteiger partial charge >= 0.3 is 0 Å². The van der Waals surface area contributed by atoms with Gasteiger partial charge in [-0.25, -0.2) is 13.4 Å². The Morgan fingerprint density at radius 3 is 2.71 bits per heavy atom. The van der Waals surface area contributed by atoms with Crippen molar-refractivity contribution in [2.24, 2.45) is 0 Å². The monoisotopic (exact) mass is 354 g/mol. The predicted molar refractivity (Wildman–Crippen MR) is 90.6 cm³/mol. The number of hydrogen-bond donors (Lipinski definition) is 2. The van der Waals surface area contributed by atoms with Gasteiger partial charge in [0.05, 0.1) is 17.7 Å². The third kappa shape index (κ3) is 4.05. The van der Waals surface area contributed by atoms with Crippen LogP contribution in [0.3, 0.4) is 0 Å². The molecular formula is C16H26N4O3S+2. The molecule has 0 aromatic carbocycles. The topological polar surface area (TPSA) is 85.1 Å². The zero-order chi connectivity index (χ0) is 17.2. The molecule has 0 aliphatic carbocycles. The molecule has 0 unspecified atom stereocenters. The third-order valence-corrected chi connectivity index (χ3v) is 6.79. The zero-order valence-electron chi connectivity index (χ0n) is 14.0. The van der Waals surface area contributed by atoms with Gasteiger partial charge in [0.2, 0.25) is 0 Å². The molecule has 0 radical (unpaired) electrons. The van der Waals surface area contributed by atoms with Crippen LogP contribution in [0.1, 0.15) is 13.3 Å². The van der Waals surface area contributed by atoms with E-state index < -0.39 is 9.84 Å². The first-order chi connectivity index (χ1) is 11.4. The zero-order valence-corrected chi connectivity index (χ0v) is 14.8. The van der Waals surface area contributed by atoms with Crippen molar-refractivity contribution in [3.8, 4) is 0 Å². The van der Waals surface area contributed by atoms with Crippen LogP contribution in [0.4, 0.5) is 5.82 Å². The number of H-pyrrole nitrogens is 1. The third-order valence-electron chi connectivity index (χ3n) is 5.02. The molecule has 1 aromatic rings. The molecule has 2 saturated heterocycles. The summed E-state index contributed by atoms with van der Waals surface area (Å²) in [4.78, 5) is 19.2. The number of hydrogen-bond acceptors (Lipinski definition) is 4. The lowest BCUT2D eigenvalue weighted by molar-refractivity contribution is -0.914. The van der Waals surface area contributed by atoms with Crippen molar-refractivity contribution in [2.75, 3.05) is 42.6 Å². The molecule has 7 nitrogen and oxygen atoms in total. The SMILES string of the molecule is C[C@H](C(=O)N[C@H]1CCS(=O)(=O)C1)[NH+]1CCN(c2cccc[nH+]2)CC1. The van der Waals surface area contributed by atoms with E-state index in [0.717, 1.165) is 32.0 Å². The Hall–Kier alpha value is -1.67. The highest BCUT2D eigenvalue weighted by Crippen LogP contribution is 2.11. The number of amides is 1. The number of nitrogens with one attached hydrogen (secondary N) is 3. The van der Waals surface area contributed by atoms with Gasteiger partial charge in [-0.05, 0) is 19.4 Å². The standard InChI is InChI=1S/C16H24N4O3S/c1-13(16(21)18-14-5-11-24(22,23)12-14)19-7-9-20(10-8-19)15-4-2-3-6-17-15/h2-4,6,13-14H,5,7-12H2,1H3,(H,18,21)/p+2/t13-,14+/m1/s1. The maximum absolute atomic E-state index is 12.4. The molecule has 1 amide bonds. The summed E-state index contributed by atoms with van der Waals surface area (Å²) in [6.45, 7) is 5.50. The molecule has 2 fully saturated rings. The van der Waals surface area contributed by atoms with Gasteiger partial charge in [-0.15, -0.1) is 0 Å². The average molecular weight is 354 g/mol. The molecule has 8 heteroatoms. The summed E-state index contributed by atoms with van der Waals surface area (Å²) in [6, 6.07) is 5.65. The maximum Gasteiger partial charge on any atom is 0.278 e. The van der Waals surface area contributed by atoms with Crippen molar-refractivity contribution < 1.29 is 23.1 Å². The Morgan fingerprint density at radius 2 is 2.12 bits per heavy atom. The molecule has 1 aromatic heterocycles. The summed E-state index contributed by atoms with van der Waals surface area (Å²) in [5, 5.41) is 2.92. The minimum atomic E-state index is -2.96. The van der Waals surface area contributed by atoms with E-state index >= 15 is 0 Å². The predicted octanol–water partition coefficient (Wildman–Crippen LogP) is -2.10. The van der Waals surface area contributed by atoms with Crippen LogP contribution in [0.2, 0.25) is 0 Å². The minimum Gasteiger partial charge on any atom is -0.347 e. The fraction of sp³-hybridized carbons (Fsp3) is 0.625. The molecule has 3 heterocycles. The van der Waals surface area contributed by atoms with Gasteiger partial charge in [-0.2, -0.15) is 0 Å². The Bertz CT molecular complexity index is 672. The van der Waals surface area contributed by atoms with Crippen LogP contribution in [0, 0.1) is 0 Å². The molecule has 2 aliphatic rings. The highest BCUT2D eigenvalue weighted by molar-refractivity contribution is 7.91. The fourth-order valence-electron chi connectivity index (χ4n) is 3.47. The second-order valence-electron chi connectivity index (χ2n) is 6.72. The van der Waals surface area contributed by atoms with Gasteiger partial charge < -0.3 is 10.2 Å². The Balaban J connectivity index is 1.50. The maximum atomic E-state index is 12.4. The highest BCUT2D eigenvalue weighted by Gasteiger charge is 2.35. The van der Waals surface area contributed by atoms with Gasteiger partial charge in [-0.3, -0.25) is 9.69 Å².